The summed E-state index contributed by atoms with van der Waals surface area (Å²) in [5, 5.41) is 3.61. The fourth-order valence-corrected chi connectivity index (χ4v) is 2.26. The van der Waals surface area contributed by atoms with E-state index >= 15 is 0 Å². The fourth-order valence-electron chi connectivity index (χ4n) is 2.26. The zero-order valence-electron chi connectivity index (χ0n) is 13.3. The van der Waals surface area contributed by atoms with Gasteiger partial charge in [0.2, 0.25) is 0 Å². The molecule has 1 N–H and O–H groups in total. The smallest absolute Gasteiger partial charge is 0.119 e. The van der Waals surface area contributed by atoms with Crippen LogP contribution in [0.25, 0.3) is 0 Å². The van der Waals surface area contributed by atoms with Crippen LogP contribution in [-0.4, -0.2) is 12.6 Å². The van der Waals surface area contributed by atoms with Crippen LogP contribution in [-0.2, 0) is 0 Å². The first-order chi connectivity index (χ1) is 8.90. The van der Waals surface area contributed by atoms with E-state index in [1.165, 1.54) is 5.56 Å². The first kappa shape index (κ1) is 16.0. The molecule has 2 heteroatoms. The van der Waals surface area contributed by atoms with Gasteiger partial charge >= 0.3 is 0 Å². The van der Waals surface area contributed by atoms with Crippen LogP contribution in [0.3, 0.4) is 0 Å². The summed E-state index contributed by atoms with van der Waals surface area (Å²) in [4.78, 5) is 0. The summed E-state index contributed by atoms with van der Waals surface area (Å²) in [6.07, 6.45) is 1.37. The molecule has 1 atom stereocenters. The van der Waals surface area contributed by atoms with Gasteiger partial charge in [0.1, 0.15) is 5.75 Å². The Morgan fingerprint density at radius 3 is 2.11 bits per heavy atom. The molecule has 1 unspecified atom stereocenters. The van der Waals surface area contributed by atoms with Crippen molar-refractivity contribution in [2.24, 2.45) is 5.41 Å². The molecule has 0 aliphatic heterocycles. The summed E-state index contributed by atoms with van der Waals surface area (Å²) in [5.74, 6) is 0.948. The molecule has 0 radical (unpaired) electrons. The number of benzene rings is 1. The van der Waals surface area contributed by atoms with Crippen molar-refractivity contribution in [3.8, 4) is 5.75 Å². The van der Waals surface area contributed by atoms with Crippen LogP contribution in [0.5, 0.6) is 5.75 Å². The van der Waals surface area contributed by atoms with E-state index in [1.54, 1.807) is 0 Å². The molecule has 0 saturated carbocycles. The normalized spacial score (nSPS) is 13.6. The van der Waals surface area contributed by atoms with Crippen molar-refractivity contribution < 1.29 is 4.74 Å². The lowest BCUT2D eigenvalue weighted by atomic mass is 9.78. The molecule has 0 bridgehead atoms. The second-order valence-corrected chi connectivity index (χ2v) is 6.07. The van der Waals surface area contributed by atoms with Crippen molar-refractivity contribution in [2.75, 3.05) is 6.54 Å². The highest BCUT2D eigenvalue weighted by molar-refractivity contribution is 5.30. The molecule has 1 aromatic rings. The topological polar surface area (TPSA) is 21.3 Å². The molecule has 0 heterocycles. The van der Waals surface area contributed by atoms with Gasteiger partial charge in [-0.15, -0.1) is 0 Å². The fraction of sp³-hybridized carbons (Fsp3) is 0.647. The van der Waals surface area contributed by atoms with Crippen LogP contribution in [0, 0.1) is 5.41 Å². The largest absolute Gasteiger partial charge is 0.491 e. The van der Waals surface area contributed by atoms with Crippen LogP contribution in [0.15, 0.2) is 24.3 Å². The molecule has 108 valence electrons. The zero-order chi connectivity index (χ0) is 14.5. The summed E-state index contributed by atoms with van der Waals surface area (Å²) in [7, 11) is 0. The minimum atomic E-state index is 0.225. The number of hydrogen-bond acceptors (Lipinski definition) is 2. The molecule has 1 rings (SSSR count). The minimum absolute atomic E-state index is 0.225. The highest BCUT2D eigenvalue weighted by atomic mass is 16.5. The zero-order valence-corrected chi connectivity index (χ0v) is 13.3. The van der Waals surface area contributed by atoms with E-state index in [9.17, 15) is 0 Å². The van der Waals surface area contributed by atoms with Crippen molar-refractivity contribution in [3.63, 3.8) is 0 Å². The van der Waals surface area contributed by atoms with Crippen LogP contribution in [0.4, 0.5) is 0 Å². The van der Waals surface area contributed by atoms with E-state index in [2.05, 4.69) is 71.1 Å². The molecule has 0 saturated heterocycles. The van der Waals surface area contributed by atoms with E-state index in [-0.39, 0.29) is 11.5 Å². The lowest BCUT2D eigenvalue weighted by molar-refractivity contribution is 0.234. The van der Waals surface area contributed by atoms with Gasteiger partial charge in [-0.2, -0.15) is 0 Å². The number of hydrogen-bond donors (Lipinski definition) is 1. The van der Waals surface area contributed by atoms with Gasteiger partial charge in [-0.05, 0) is 49.9 Å². The van der Waals surface area contributed by atoms with Crippen molar-refractivity contribution in [1.29, 1.82) is 0 Å². The number of nitrogens with one attached hydrogen (secondary N) is 1. The lowest BCUT2D eigenvalue weighted by Gasteiger charge is -2.34. The van der Waals surface area contributed by atoms with Gasteiger partial charge in [-0.25, -0.2) is 0 Å². The van der Waals surface area contributed by atoms with E-state index in [0.717, 1.165) is 18.7 Å². The molecule has 0 aliphatic carbocycles. The quantitative estimate of drug-likeness (QED) is 0.778. The number of rotatable bonds is 7. The highest BCUT2D eigenvalue weighted by Gasteiger charge is 2.28. The van der Waals surface area contributed by atoms with E-state index in [0.29, 0.717) is 6.04 Å². The minimum Gasteiger partial charge on any atom is -0.491 e. The SMILES string of the molecule is CCNC(c1ccc(OC(C)C)cc1)C(C)(C)CC. The monoisotopic (exact) mass is 263 g/mol. The van der Waals surface area contributed by atoms with Gasteiger partial charge in [-0.3, -0.25) is 0 Å². The summed E-state index contributed by atoms with van der Waals surface area (Å²) in [5.41, 5.74) is 1.58. The van der Waals surface area contributed by atoms with Gasteiger partial charge in [0.15, 0.2) is 0 Å². The first-order valence-corrected chi connectivity index (χ1v) is 7.40. The standard InChI is InChI=1S/C17H29NO/c1-7-17(5,6)16(18-8-2)14-9-11-15(12-10-14)19-13(3)4/h9-13,16,18H,7-8H2,1-6H3. The van der Waals surface area contributed by atoms with Crippen LogP contribution in [0.1, 0.15) is 59.6 Å². The summed E-state index contributed by atoms with van der Waals surface area (Å²) in [6.45, 7) is 14.1. The molecule has 0 spiro atoms. The molecule has 0 aromatic heterocycles. The van der Waals surface area contributed by atoms with Gasteiger partial charge in [0.05, 0.1) is 6.10 Å². The maximum absolute atomic E-state index is 5.70. The maximum atomic E-state index is 5.70. The van der Waals surface area contributed by atoms with Crippen LogP contribution < -0.4 is 10.1 Å². The maximum Gasteiger partial charge on any atom is 0.119 e. The Morgan fingerprint density at radius 2 is 1.68 bits per heavy atom. The molecule has 2 nitrogen and oxygen atoms in total. The molecule has 19 heavy (non-hydrogen) atoms. The second kappa shape index (κ2) is 6.95. The summed E-state index contributed by atoms with van der Waals surface area (Å²) < 4.78 is 5.70. The predicted octanol–water partition coefficient (Wildman–Crippen LogP) is 4.56. The molecular formula is C17H29NO. The highest BCUT2D eigenvalue weighted by Crippen LogP contribution is 2.36. The van der Waals surface area contributed by atoms with Crippen molar-refractivity contribution in [1.82, 2.24) is 5.32 Å². The van der Waals surface area contributed by atoms with Gasteiger partial charge in [-0.1, -0.05) is 39.8 Å². The van der Waals surface area contributed by atoms with E-state index in [4.69, 9.17) is 4.74 Å². The van der Waals surface area contributed by atoms with Gasteiger partial charge < -0.3 is 10.1 Å². The Kier molecular flexibility index (Phi) is 5.86. The van der Waals surface area contributed by atoms with Crippen molar-refractivity contribution >= 4 is 0 Å². The van der Waals surface area contributed by atoms with E-state index < -0.39 is 0 Å². The number of ether oxygens (including phenoxy) is 1. The Labute approximate surface area is 118 Å². The van der Waals surface area contributed by atoms with Gasteiger partial charge in [0, 0.05) is 6.04 Å². The average molecular weight is 263 g/mol. The third-order valence-corrected chi connectivity index (χ3v) is 3.69. The van der Waals surface area contributed by atoms with Crippen LogP contribution in [0.2, 0.25) is 0 Å². The van der Waals surface area contributed by atoms with Gasteiger partial charge in [0.25, 0.3) is 0 Å². The summed E-state index contributed by atoms with van der Waals surface area (Å²) >= 11 is 0. The van der Waals surface area contributed by atoms with E-state index in [1.807, 2.05) is 0 Å². The molecule has 1 aromatic carbocycles. The van der Waals surface area contributed by atoms with Crippen molar-refractivity contribution in [2.45, 2.75) is 60.1 Å². The lowest BCUT2D eigenvalue weighted by Crippen LogP contribution is -2.33. The molecule has 0 amide bonds. The molecular weight excluding hydrogens is 234 g/mol. The second-order valence-electron chi connectivity index (χ2n) is 6.07. The Balaban J connectivity index is 2.91. The average Bonchev–Trinajstić information content (AvgIpc) is 2.36. The Morgan fingerprint density at radius 1 is 1.11 bits per heavy atom. The molecule has 0 aliphatic rings. The first-order valence-electron chi connectivity index (χ1n) is 7.40. The van der Waals surface area contributed by atoms with Crippen molar-refractivity contribution in [3.05, 3.63) is 29.8 Å². The Bertz CT molecular complexity index is 367. The third kappa shape index (κ3) is 4.54. The predicted molar refractivity (Wildman–Crippen MR) is 82.7 cm³/mol. The molecule has 0 fully saturated rings. The Hall–Kier alpha value is -1.02. The third-order valence-electron chi connectivity index (χ3n) is 3.69. The summed E-state index contributed by atoms with van der Waals surface area (Å²) in [6, 6.07) is 8.90. The van der Waals surface area contributed by atoms with Crippen LogP contribution >= 0.6 is 0 Å².